The van der Waals surface area contributed by atoms with E-state index in [0.717, 1.165) is 5.56 Å². The van der Waals surface area contributed by atoms with Crippen LogP contribution in [0, 0.1) is 5.92 Å². The third-order valence-electron chi connectivity index (χ3n) is 8.05. The molecule has 0 radical (unpaired) electrons. The summed E-state index contributed by atoms with van der Waals surface area (Å²) in [5, 5.41) is 5.78. The zero-order valence-electron chi connectivity index (χ0n) is 22.1. The Hall–Kier alpha value is -3.84. The first-order valence-corrected chi connectivity index (χ1v) is 13.1. The van der Waals surface area contributed by atoms with E-state index in [0.29, 0.717) is 6.42 Å². The molecule has 2 amide bonds. The zero-order chi connectivity index (χ0) is 27.8. The normalized spacial score (nSPS) is 28.7. The molecule has 3 fully saturated rings. The molecule has 39 heavy (non-hydrogen) atoms. The fraction of sp³-hybridized carbons (Fsp3) is 0.462. The van der Waals surface area contributed by atoms with Crippen molar-refractivity contribution in [2.24, 2.45) is 5.92 Å². The van der Waals surface area contributed by atoms with Gasteiger partial charge in [-0.1, -0.05) is 44.2 Å². The van der Waals surface area contributed by atoms with Crippen LogP contribution < -0.4 is 10.6 Å². The van der Waals surface area contributed by atoms with E-state index >= 15 is 0 Å². The molecule has 12 nitrogen and oxygen atoms in total. The number of ether oxygens (including phenoxy) is 1. The summed E-state index contributed by atoms with van der Waals surface area (Å²) in [6, 6.07) is 6.79. The molecule has 3 saturated heterocycles. The van der Waals surface area contributed by atoms with Crippen molar-refractivity contribution in [2.45, 2.75) is 50.8 Å². The Morgan fingerprint density at radius 2 is 1.72 bits per heavy atom. The molecule has 0 aliphatic carbocycles. The number of amides is 2. The van der Waals surface area contributed by atoms with Crippen LogP contribution in [0.15, 0.2) is 48.9 Å². The fourth-order valence-corrected chi connectivity index (χ4v) is 6.05. The van der Waals surface area contributed by atoms with Crippen molar-refractivity contribution < 1.29 is 37.6 Å². The Labute approximate surface area is 226 Å². The van der Waals surface area contributed by atoms with Crippen molar-refractivity contribution in [1.82, 2.24) is 20.6 Å². The molecule has 0 unspecified atom stereocenters. The minimum absolute atomic E-state index is 0.0523. The Bertz CT molecular complexity index is 1240. The van der Waals surface area contributed by atoms with Crippen LogP contribution in [0.4, 0.5) is 0 Å². The molecule has 0 spiro atoms. The number of carbonyl (C=O) groups excluding carboxylic acids is 4. The van der Waals surface area contributed by atoms with Gasteiger partial charge in [0, 0.05) is 25.9 Å². The van der Waals surface area contributed by atoms with Crippen molar-refractivity contribution in [3.05, 3.63) is 60.2 Å². The number of rotatable bonds is 9. The Kier molecular flexibility index (Phi) is 7.12. The second kappa shape index (κ2) is 10.4. The number of likely N-dealkylation sites (N-methyl/N-ethyl adjacent to an activating group) is 1. The quantitative estimate of drug-likeness (QED) is 0.427. The maximum Gasteiger partial charge on any atom is 0.606 e. The molecule has 1 aromatic heterocycles. The van der Waals surface area contributed by atoms with Crippen molar-refractivity contribution in [3.63, 3.8) is 0 Å². The highest BCUT2D eigenvalue weighted by atomic mass is 16.7. The number of aromatic nitrogens is 2. The Morgan fingerprint density at radius 3 is 2.31 bits per heavy atom. The monoisotopic (exact) mass is 537 g/mol. The van der Waals surface area contributed by atoms with Gasteiger partial charge in [-0.05, 0) is 17.9 Å². The third-order valence-corrected chi connectivity index (χ3v) is 8.05. The van der Waals surface area contributed by atoms with Gasteiger partial charge in [0.15, 0.2) is 12.1 Å². The topological polar surface area (TPSA) is 146 Å². The van der Waals surface area contributed by atoms with Gasteiger partial charge >= 0.3 is 18.6 Å². The minimum atomic E-state index is -2.65. The van der Waals surface area contributed by atoms with E-state index in [1.807, 2.05) is 44.2 Å². The van der Waals surface area contributed by atoms with Gasteiger partial charge in [0.25, 0.3) is 5.91 Å². The summed E-state index contributed by atoms with van der Waals surface area (Å²) in [5.74, 6) is -2.87. The van der Waals surface area contributed by atoms with Crippen molar-refractivity contribution in [2.75, 3.05) is 20.3 Å². The first-order chi connectivity index (χ1) is 18.7. The van der Waals surface area contributed by atoms with Crippen LogP contribution in [0.25, 0.3) is 0 Å². The molecule has 13 heteroatoms. The second-order valence-electron chi connectivity index (χ2n) is 10.9. The highest BCUT2D eigenvalue weighted by molar-refractivity contribution is 6.68. The number of benzene rings is 1. The van der Waals surface area contributed by atoms with Gasteiger partial charge in [-0.2, -0.15) is 0 Å². The van der Waals surface area contributed by atoms with E-state index in [1.165, 1.54) is 18.6 Å². The average Bonchev–Trinajstić information content (AvgIpc) is 3.28. The lowest BCUT2D eigenvalue weighted by Crippen LogP contribution is -2.77. The molecule has 206 valence electrons. The predicted molar refractivity (Wildman–Crippen MR) is 137 cm³/mol. The summed E-state index contributed by atoms with van der Waals surface area (Å²) in [7, 11) is 1.77. The molecule has 3 aliphatic rings. The minimum Gasteiger partial charge on any atom is -0.599 e. The summed E-state index contributed by atoms with van der Waals surface area (Å²) in [6.07, 6.45) is 4.72. The molecule has 5 rings (SSSR count). The molecule has 3 aliphatic heterocycles. The SMILES string of the molecule is CC(C)C[C@H](NC(=O)[C@H](Cc1ccccc1)NC(=O)c1cnccn1)[B-]12OC(=O)[C@@H]3COC[C@@H](C(=O)O1)[N+]32C. The van der Waals surface area contributed by atoms with Crippen molar-refractivity contribution in [1.29, 1.82) is 0 Å². The maximum absolute atomic E-state index is 13.9. The molecule has 2 aromatic rings. The number of carbonyl (C=O) groups is 4. The van der Waals surface area contributed by atoms with Gasteiger partial charge in [0.05, 0.1) is 12.1 Å². The molecule has 0 saturated carbocycles. The third kappa shape index (κ3) is 4.65. The predicted octanol–water partition coefficient (Wildman–Crippen LogP) is 0.154. The van der Waals surface area contributed by atoms with E-state index in [2.05, 4.69) is 20.6 Å². The van der Waals surface area contributed by atoms with E-state index in [1.54, 1.807) is 7.05 Å². The molecule has 2 N–H and O–H groups in total. The van der Waals surface area contributed by atoms with Crippen LogP contribution in [0.1, 0.15) is 36.3 Å². The van der Waals surface area contributed by atoms with E-state index in [-0.39, 0.29) is 35.6 Å². The van der Waals surface area contributed by atoms with Gasteiger partial charge in [0.2, 0.25) is 5.91 Å². The summed E-state index contributed by atoms with van der Waals surface area (Å²) in [6.45, 7) is 1.47. The number of nitrogens with zero attached hydrogens (tertiary/aromatic N) is 3. The van der Waals surface area contributed by atoms with Crippen LogP contribution in [0.2, 0.25) is 0 Å². The first-order valence-electron chi connectivity index (χ1n) is 13.1. The first kappa shape index (κ1) is 26.8. The Balaban J connectivity index is 1.46. The molecule has 0 bridgehead atoms. The molecule has 1 aromatic carbocycles. The van der Waals surface area contributed by atoms with E-state index in [4.69, 9.17) is 14.0 Å². The maximum atomic E-state index is 13.9. The summed E-state index contributed by atoms with van der Waals surface area (Å²) in [5.41, 5.74) is 0.893. The number of hydrogen-bond donors (Lipinski definition) is 2. The van der Waals surface area contributed by atoms with Crippen LogP contribution in [0.5, 0.6) is 0 Å². The second-order valence-corrected chi connectivity index (χ2v) is 10.9. The van der Waals surface area contributed by atoms with Crippen LogP contribution in [0.3, 0.4) is 0 Å². The van der Waals surface area contributed by atoms with Crippen molar-refractivity contribution >= 4 is 30.4 Å². The summed E-state index contributed by atoms with van der Waals surface area (Å²) in [4.78, 5) is 60.8. The van der Waals surface area contributed by atoms with Gasteiger partial charge in [-0.15, -0.1) is 0 Å². The summed E-state index contributed by atoms with van der Waals surface area (Å²) >= 11 is 0. The molecular formula is C26H32BN5O7. The standard InChI is InChI=1S/C26H32BN5O7/c1-16(2)11-22(27-32(3)20(25(35)38-27)14-37-15-21(32)26(36)39-27)31-23(33)18(12-17-7-5-4-6-8-17)30-24(34)19-13-28-9-10-29-19/h4-10,13,16,18,20-22H,11-12,14-15H2,1-3H3,(H,30,34)(H,31,33)/t18-,20-,21-,22-,27?,32?/m0/s1. The van der Waals surface area contributed by atoms with Gasteiger partial charge in [-0.3, -0.25) is 14.6 Å². The fourth-order valence-electron chi connectivity index (χ4n) is 6.05. The Morgan fingerprint density at radius 1 is 1.05 bits per heavy atom. The molecule has 4 atom stereocenters. The number of nitrogens with one attached hydrogen (secondary N) is 2. The van der Waals surface area contributed by atoms with Crippen LogP contribution in [-0.4, -0.2) is 89.1 Å². The highest BCUT2D eigenvalue weighted by Gasteiger charge is 2.77. The van der Waals surface area contributed by atoms with Gasteiger partial charge < -0.3 is 29.1 Å². The largest absolute Gasteiger partial charge is 0.606 e. The molecular weight excluding hydrogens is 505 g/mol. The lowest BCUT2D eigenvalue weighted by molar-refractivity contribution is -0.854. The highest BCUT2D eigenvalue weighted by Crippen LogP contribution is 2.46. The lowest BCUT2D eigenvalue weighted by atomic mass is 9.56. The van der Waals surface area contributed by atoms with Gasteiger partial charge in [-0.25, -0.2) is 14.6 Å². The summed E-state index contributed by atoms with van der Waals surface area (Å²) < 4.78 is 17.3. The van der Waals surface area contributed by atoms with Crippen LogP contribution in [-0.2, 0) is 34.9 Å². The number of hydrogen-bond acceptors (Lipinski definition) is 9. The number of quaternary nitrogens is 1. The lowest BCUT2D eigenvalue weighted by Gasteiger charge is -2.51. The van der Waals surface area contributed by atoms with E-state index < -0.39 is 54.5 Å². The average molecular weight is 537 g/mol. The number of morpholine rings is 1. The van der Waals surface area contributed by atoms with Crippen LogP contribution >= 0.6 is 0 Å². The van der Waals surface area contributed by atoms with Gasteiger partial charge in [0.1, 0.15) is 24.9 Å². The zero-order valence-corrected chi connectivity index (χ0v) is 22.1. The molecule has 4 heterocycles. The van der Waals surface area contributed by atoms with E-state index in [9.17, 15) is 19.2 Å². The van der Waals surface area contributed by atoms with Crippen molar-refractivity contribution in [3.8, 4) is 0 Å². The smallest absolute Gasteiger partial charge is 0.599 e.